The van der Waals surface area contributed by atoms with Gasteiger partial charge in [-0.05, 0) is 61.8 Å². The van der Waals surface area contributed by atoms with Crippen molar-refractivity contribution in [3.05, 3.63) is 47.5 Å². The highest BCUT2D eigenvalue weighted by Gasteiger charge is 2.54. The first kappa shape index (κ1) is 24.1. The van der Waals surface area contributed by atoms with E-state index >= 15 is 0 Å². The molecule has 0 saturated heterocycles. The molecule has 1 aromatic heterocycles. The molecular weight excluding hydrogens is 466 g/mol. The number of aliphatic hydroxyl groups excluding tert-OH is 1. The summed E-state index contributed by atoms with van der Waals surface area (Å²) in [5.74, 6) is 0.859. The Morgan fingerprint density at radius 1 is 1.09 bits per heavy atom. The number of anilines is 1. The maximum atomic E-state index is 13.2. The van der Waals surface area contributed by atoms with Crippen LogP contribution in [-0.2, 0) is 14.8 Å². The number of amides is 1. The second-order valence-corrected chi connectivity index (χ2v) is 11.8. The van der Waals surface area contributed by atoms with Crippen LogP contribution in [0.15, 0.2) is 41.4 Å². The summed E-state index contributed by atoms with van der Waals surface area (Å²) >= 11 is 0. The third-order valence-corrected chi connectivity index (χ3v) is 8.63. The van der Waals surface area contributed by atoms with Crippen molar-refractivity contribution in [1.29, 1.82) is 0 Å². The first-order valence-electron chi connectivity index (χ1n) is 12.5. The van der Waals surface area contributed by atoms with Crippen molar-refractivity contribution in [3.63, 3.8) is 0 Å². The minimum Gasteiger partial charge on any atom is -0.477 e. The number of carbonyl (C=O) groups is 1. The Morgan fingerprint density at radius 3 is 2.49 bits per heavy atom. The van der Waals surface area contributed by atoms with E-state index in [-0.39, 0.29) is 17.2 Å². The number of pyridine rings is 1. The standard InChI is InChI=1S/C26H33N3O5S/c1-17-7-5-10-21(18-8-3-2-4-9-18)24(17)34-26(13-14-26)25(31)29-35(32,33)23-12-6-11-22(28-23)27-19-15-20(30)16-19/h5-7,10-12,18-20,30H,2-4,8-9,13-16H2,1H3,(H,27,28)(H,29,31). The first-order chi connectivity index (χ1) is 16.8. The fraction of sp³-hybridized carbons (Fsp3) is 0.538. The van der Waals surface area contributed by atoms with E-state index in [9.17, 15) is 18.3 Å². The van der Waals surface area contributed by atoms with Crippen LogP contribution in [0, 0.1) is 6.92 Å². The van der Waals surface area contributed by atoms with Crippen molar-refractivity contribution in [2.75, 3.05) is 5.32 Å². The molecule has 1 aromatic carbocycles. The molecule has 3 aliphatic rings. The lowest BCUT2D eigenvalue weighted by atomic mass is 9.83. The monoisotopic (exact) mass is 499 g/mol. The molecule has 8 nitrogen and oxygen atoms in total. The summed E-state index contributed by atoms with van der Waals surface area (Å²) in [7, 11) is -4.17. The van der Waals surface area contributed by atoms with Crippen molar-refractivity contribution < 1.29 is 23.1 Å². The summed E-state index contributed by atoms with van der Waals surface area (Å²) in [4.78, 5) is 17.4. The lowest BCUT2D eigenvalue weighted by Gasteiger charge is -2.32. The Balaban J connectivity index is 1.31. The molecule has 35 heavy (non-hydrogen) atoms. The van der Waals surface area contributed by atoms with Gasteiger partial charge in [0.2, 0.25) is 0 Å². The van der Waals surface area contributed by atoms with Crippen molar-refractivity contribution in [2.45, 2.75) is 93.4 Å². The number of benzene rings is 1. The fourth-order valence-electron chi connectivity index (χ4n) is 5.06. The summed E-state index contributed by atoms with van der Waals surface area (Å²) < 4.78 is 34.6. The number of nitrogens with one attached hydrogen (secondary N) is 2. The van der Waals surface area contributed by atoms with Gasteiger partial charge in [-0.2, -0.15) is 8.42 Å². The van der Waals surface area contributed by atoms with Crippen molar-refractivity contribution in [1.82, 2.24) is 9.71 Å². The van der Waals surface area contributed by atoms with Gasteiger partial charge in [-0.15, -0.1) is 0 Å². The van der Waals surface area contributed by atoms with Gasteiger partial charge in [0.15, 0.2) is 10.6 Å². The van der Waals surface area contributed by atoms with Crippen LogP contribution < -0.4 is 14.8 Å². The highest BCUT2D eigenvalue weighted by atomic mass is 32.2. The highest BCUT2D eigenvalue weighted by Crippen LogP contribution is 2.46. The maximum Gasteiger partial charge on any atom is 0.281 e. The Hall–Kier alpha value is -2.65. The van der Waals surface area contributed by atoms with Gasteiger partial charge in [-0.3, -0.25) is 4.79 Å². The summed E-state index contributed by atoms with van der Waals surface area (Å²) in [5.41, 5.74) is 0.894. The van der Waals surface area contributed by atoms with Gasteiger partial charge in [0, 0.05) is 18.9 Å². The van der Waals surface area contributed by atoms with E-state index < -0.39 is 21.5 Å². The molecule has 0 spiro atoms. The van der Waals surface area contributed by atoms with E-state index in [1.165, 1.54) is 25.3 Å². The van der Waals surface area contributed by atoms with Crippen LogP contribution in [-0.4, -0.2) is 42.2 Å². The van der Waals surface area contributed by atoms with Crippen molar-refractivity contribution in [3.8, 4) is 5.75 Å². The third kappa shape index (κ3) is 5.16. The molecule has 3 saturated carbocycles. The van der Waals surface area contributed by atoms with Crippen molar-refractivity contribution >= 4 is 21.7 Å². The summed E-state index contributed by atoms with van der Waals surface area (Å²) in [6.45, 7) is 1.97. The molecule has 9 heteroatoms. The molecule has 1 heterocycles. The van der Waals surface area contributed by atoms with Crippen molar-refractivity contribution in [2.24, 2.45) is 0 Å². The van der Waals surface area contributed by atoms with Gasteiger partial charge in [0.25, 0.3) is 15.9 Å². The normalized spacial score (nSPS) is 23.7. The number of ether oxygens (including phenoxy) is 1. The Labute approximate surface area is 206 Å². The van der Waals surface area contributed by atoms with Gasteiger partial charge in [-0.25, -0.2) is 9.71 Å². The van der Waals surface area contributed by atoms with Gasteiger partial charge < -0.3 is 15.2 Å². The molecule has 3 fully saturated rings. The molecule has 0 aliphatic heterocycles. The van der Waals surface area contributed by atoms with Crippen LogP contribution in [0.1, 0.15) is 74.8 Å². The lowest BCUT2D eigenvalue weighted by Crippen LogP contribution is -2.44. The van der Waals surface area contributed by atoms with Crippen LogP contribution in [0.3, 0.4) is 0 Å². The minimum atomic E-state index is -4.17. The number of aryl methyl sites for hydroxylation is 1. The number of hydrogen-bond acceptors (Lipinski definition) is 7. The quantitative estimate of drug-likeness (QED) is 0.506. The van der Waals surface area contributed by atoms with Gasteiger partial charge in [0.1, 0.15) is 11.6 Å². The molecule has 3 N–H and O–H groups in total. The lowest BCUT2D eigenvalue weighted by molar-refractivity contribution is -0.128. The molecule has 1 amide bonds. The predicted molar refractivity (Wildman–Crippen MR) is 132 cm³/mol. The summed E-state index contributed by atoms with van der Waals surface area (Å²) in [6.07, 6.45) is 7.60. The number of hydrogen-bond donors (Lipinski definition) is 3. The number of aromatic nitrogens is 1. The largest absolute Gasteiger partial charge is 0.477 e. The summed E-state index contributed by atoms with van der Waals surface area (Å²) in [6, 6.07) is 10.7. The van der Waals surface area contributed by atoms with Crippen LogP contribution >= 0.6 is 0 Å². The number of sulfonamides is 1. The maximum absolute atomic E-state index is 13.2. The molecule has 5 rings (SSSR count). The molecule has 0 radical (unpaired) electrons. The van der Waals surface area contributed by atoms with Crippen LogP contribution in [0.5, 0.6) is 5.75 Å². The fourth-order valence-corrected chi connectivity index (χ4v) is 6.07. The summed E-state index contributed by atoms with van der Waals surface area (Å²) in [5, 5.41) is 12.3. The zero-order valence-corrected chi connectivity index (χ0v) is 20.8. The van der Waals surface area contributed by atoms with E-state index in [1.807, 2.05) is 19.1 Å². The topological polar surface area (TPSA) is 118 Å². The first-order valence-corrected chi connectivity index (χ1v) is 14.0. The zero-order valence-electron chi connectivity index (χ0n) is 20.0. The van der Waals surface area contributed by atoms with E-state index in [0.29, 0.717) is 37.4 Å². The molecule has 0 bridgehead atoms. The molecule has 188 valence electrons. The van der Waals surface area contributed by atoms with Gasteiger partial charge >= 0.3 is 0 Å². The minimum absolute atomic E-state index is 0.0562. The van der Waals surface area contributed by atoms with Gasteiger partial charge in [0.05, 0.1) is 6.10 Å². The molecule has 0 atom stereocenters. The second kappa shape index (κ2) is 9.43. The molecule has 0 unspecified atom stereocenters. The van der Waals surface area contributed by atoms with E-state index in [1.54, 1.807) is 12.1 Å². The predicted octanol–water partition coefficient (Wildman–Crippen LogP) is 3.79. The number of carbonyl (C=O) groups excluding carboxylic acids is 1. The number of para-hydroxylation sites is 1. The van der Waals surface area contributed by atoms with Gasteiger partial charge in [-0.1, -0.05) is 43.5 Å². The van der Waals surface area contributed by atoms with E-state index in [2.05, 4.69) is 21.1 Å². The number of aliphatic hydroxyl groups is 1. The van der Waals surface area contributed by atoms with Crippen LogP contribution in [0.2, 0.25) is 0 Å². The Morgan fingerprint density at radius 2 is 1.80 bits per heavy atom. The average Bonchev–Trinajstić information content (AvgIpc) is 3.61. The molecule has 3 aliphatic carbocycles. The SMILES string of the molecule is Cc1cccc(C2CCCCC2)c1OC1(C(=O)NS(=O)(=O)c2cccc(NC3CC(O)C3)n2)CC1. The highest BCUT2D eigenvalue weighted by molar-refractivity contribution is 7.90. The Bertz CT molecular complexity index is 1200. The third-order valence-electron chi connectivity index (χ3n) is 7.39. The number of nitrogens with zero attached hydrogens (tertiary/aromatic N) is 1. The number of rotatable bonds is 8. The average molecular weight is 500 g/mol. The van der Waals surface area contributed by atoms with Crippen LogP contribution in [0.25, 0.3) is 0 Å². The molecular formula is C26H33N3O5S. The zero-order chi connectivity index (χ0) is 24.6. The van der Waals surface area contributed by atoms with E-state index in [0.717, 1.165) is 29.7 Å². The smallest absolute Gasteiger partial charge is 0.281 e. The second-order valence-electron chi connectivity index (χ2n) is 10.2. The Kier molecular flexibility index (Phi) is 6.48. The van der Waals surface area contributed by atoms with Crippen LogP contribution in [0.4, 0.5) is 5.82 Å². The van der Waals surface area contributed by atoms with E-state index in [4.69, 9.17) is 4.74 Å². The molecule has 2 aromatic rings.